The van der Waals surface area contributed by atoms with Crippen molar-refractivity contribution in [1.82, 2.24) is 0 Å². The SMILES string of the molecule is N#Cc1c(F)cc(CO)c2c1OCO2. The molecular weight excluding hydrogens is 189 g/mol. The number of aliphatic hydroxyl groups is 1. The molecule has 14 heavy (non-hydrogen) atoms. The molecule has 0 saturated heterocycles. The third-order valence-corrected chi connectivity index (χ3v) is 1.95. The lowest BCUT2D eigenvalue weighted by Gasteiger charge is -2.04. The van der Waals surface area contributed by atoms with Crippen LogP contribution in [0, 0.1) is 17.1 Å². The molecule has 0 saturated carbocycles. The van der Waals surface area contributed by atoms with Gasteiger partial charge in [0.2, 0.25) is 6.79 Å². The first-order valence-electron chi connectivity index (χ1n) is 3.90. The average Bonchev–Trinajstić information content (AvgIpc) is 2.65. The van der Waals surface area contributed by atoms with E-state index in [0.29, 0.717) is 0 Å². The van der Waals surface area contributed by atoms with Crippen molar-refractivity contribution in [3.63, 3.8) is 0 Å². The van der Waals surface area contributed by atoms with Crippen molar-refractivity contribution in [2.45, 2.75) is 6.61 Å². The fourth-order valence-electron chi connectivity index (χ4n) is 1.32. The molecule has 1 N–H and O–H groups in total. The topological polar surface area (TPSA) is 62.5 Å². The van der Waals surface area contributed by atoms with E-state index in [2.05, 4.69) is 0 Å². The zero-order valence-electron chi connectivity index (χ0n) is 7.08. The quantitative estimate of drug-likeness (QED) is 0.723. The van der Waals surface area contributed by atoms with Crippen molar-refractivity contribution in [2.24, 2.45) is 0 Å². The Kier molecular flexibility index (Phi) is 1.98. The van der Waals surface area contributed by atoms with Crippen LogP contribution in [0.3, 0.4) is 0 Å². The zero-order valence-corrected chi connectivity index (χ0v) is 7.08. The van der Waals surface area contributed by atoms with Gasteiger partial charge in [-0.3, -0.25) is 0 Å². The lowest BCUT2D eigenvalue weighted by Crippen LogP contribution is -1.94. The molecule has 72 valence electrons. The van der Waals surface area contributed by atoms with Crippen molar-refractivity contribution < 1.29 is 19.0 Å². The Balaban J connectivity index is 2.69. The van der Waals surface area contributed by atoms with E-state index in [1.165, 1.54) is 0 Å². The first-order chi connectivity index (χ1) is 6.77. The van der Waals surface area contributed by atoms with E-state index in [0.717, 1.165) is 6.07 Å². The molecule has 2 rings (SSSR count). The van der Waals surface area contributed by atoms with Crippen LogP contribution in [0.25, 0.3) is 0 Å². The molecule has 1 aliphatic heterocycles. The molecule has 5 heteroatoms. The van der Waals surface area contributed by atoms with Gasteiger partial charge in [-0.2, -0.15) is 5.26 Å². The van der Waals surface area contributed by atoms with Crippen LogP contribution < -0.4 is 9.47 Å². The van der Waals surface area contributed by atoms with E-state index in [-0.39, 0.29) is 36.0 Å². The van der Waals surface area contributed by atoms with Crippen molar-refractivity contribution in [3.05, 3.63) is 23.0 Å². The highest BCUT2D eigenvalue weighted by Crippen LogP contribution is 2.39. The van der Waals surface area contributed by atoms with Crippen LogP contribution >= 0.6 is 0 Å². The Morgan fingerprint density at radius 2 is 2.21 bits per heavy atom. The largest absolute Gasteiger partial charge is 0.453 e. The number of nitriles is 1. The molecule has 0 atom stereocenters. The first kappa shape index (κ1) is 8.78. The number of nitrogens with zero attached hydrogens (tertiary/aromatic N) is 1. The summed E-state index contributed by atoms with van der Waals surface area (Å²) in [6.45, 7) is -0.408. The minimum Gasteiger partial charge on any atom is -0.453 e. The fraction of sp³-hybridized carbons (Fsp3) is 0.222. The second-order valence-electron chi connectivity index (χ2n) is 2.73. The molecule has 0 unspecified atom stereocenters. The van der Waals surface area contributed by atoms with E-state index < -0.39 is 5.82 Å². The molecule has 1 aromatic rings. The van der Waals surface area contributed by atoms with Crippen LogP contribution in [0.1, 0.15) is 11.1 Å². The summed E-state index contributed by atoms with van der Waals surface area (Å²) in [5, 5.41) is 17.6. The summed E-state index contributed by atoms with van der Waals surface area (Å²) < 4.78 is 23.2. The maximum Gasteiger partial charge on any atom is 0.231 e. The molecule has 1 aliphatic rings. The molecule has 0 bridgehead atoms. The number of hydrogen-bond donors (Lipinski definition) is 1. The Morgan fingerprint density at radius 3 is 2.86 bits per heavy atom. The standard InChI is InChI=1S/C9H6FNO3/c10-7-1-5(3-12)8-9(6(7)2-11)14-4-13-8/h1,12H,3-4H2. The minimum absolute atomic E-state index is 0.0551. The van der Waals surface area contributed by atoms with E-state index in [1.54, 1.807) is 6.07 Å². The highest BCUT2D eigenvalue weighted by molar-refractivity contribution is 5.58. The molecule has 0 spiro atoms. The van der Waals surface area contributed by atoms with Gasteiger partial charge < -0.3 is 14.6 Å². The second-order valence-corrected chi connectivity index (χ2v) is 2.73. The third kappa shape index (κ3) is 1.09. The molecule has 1 aromatic carbocycles. The lowest BCUT2D eigenvalue weighted by molar-refractivity contribution is 0.171. The Labute approximate surface area is 79.1 Å². The number of rotatable bonds is 1. The third-order valence-electron chi connectivity index (χ3n) is 1.95. The Morgan fingerprint density at radius 1 is 1.50 bits per heavy atom. The Hall–Kier alpha value is -1.80. The van der Waals surface area contributed by atoms with Gasteiger partial charge in [-0.15, -0.1) is 0 Å². The van der Waals surface area contributed by atoms with Crippen LogP contribution in [0.4, 0.5) is 4.39 Å². The van der Waals surface area contributed by atoms with Crippen LogP contribution in [-0.2, 0) is 6.61 Å². The summed E-state index contributed by atoms with van der Waals surface area (Å²) >= 11 is 0. The van der Waals surface area contributed by atoms with Gasteiger partial charge in [-0.05, 0) is 6.07 Å². The molecular formula is C9H6FNO3. The maximum absolute atomic E-state index is 13.2. The second kappa shape index (κ2) is 3.16. The van der Waals surface area contributed by atoms with Gasteiger partial charge in [0.05, 0.1) is 6.61 Å². The lowest BCUT2D eigenvalue weighted by atomic mass is 10.1. The monoisotopic (exact) mass is 195 g/mol. The van der Waals surface area contributed by atoms with Crippen LogP contribution in [0.5, 0.6) is 11.5 Å². The zero-order chi connectivity index (χ0) is 10.1. The number of benzene rings is 1. The molecule has 0 amide bonds. The predicted octanol–water partition coefficient (Wildman–Crippen LogP) is 0.918. The van der Waals surface area contributed by atoms with Gasteiger partial charge >= 0.3 is 0 Å². The predicted molar refractivity (Wildman–Crippen MR) is 43.2 cm³/mol. The van der Waals surface area contributed by atoms with E-state index in [9.17, 15) is 4.39 Å². The number of ether oxygens (including phenoxy) is 2. The van der Waals surface area contributed by atoms with Crippen LogP contribution in [0.2, 0.25) is 0 Å². The molecule has 0 aromatic heterocycles. The molecule has 1 heterocycles. The van der Waals surface area contributed by atoms with Crippen molar-refractivity contribution in [3.8, 4) is 17.6 Å². The van der Waals surface area contributed by atoms with E-state index >= 15 is 0 Å². The van der Waals surface area contributed by atoms with Crippen molar-refractivity contribution in [1.29, 1.82) is 5.26 Å². The highest BCUT2D eigenvalue weighted by Gasteiger charge is 2.25. The molecule has 0 radical (unpaired) electrons. The molecule has 0 fully saturated rings. The summed E-state index contributed by atoms with van der Waals surface area (Å²) in [5.74, 6) is -0.372. The molecule has 4 nitrogen and oxygen atoms in total. The molecule has 0 aliphatic carbocycles. The number of aliphatic hydroxyl groups excluding tert-OH is 1. The van der Waals surface area contributed by atoms with Gasteiger partial charge in [0.25, 0.3) is 0 Å². The van der Waals surface area contributed by atoms with Gasteiger partial charge in [-0.25, -0.2) is 4.39 Å². The minimum atomic E-state index is -0.708. The van der Waals surface area contributed by atoms with Crippen molar-refractivity contribution >= 4 is 0 Å². The summed E-state index contributed by atoms with van der Waals surface area (Å²) in [6.07, 6.45) is 0. The normalized spacial score (nSPS) is 12.6. The number of halogens is 1. The summed E-state index contributed by atoms with van der Waals surface area (Å²) in [7, 11) is 0. The fourth-order valence-corrected chi connectivity index (χ4v) is 1.32. The van der Waals surface area contributed by atoms with Crippen molar-refractivity contribution in [2.75, 3.05) is 6.79 Å². The van der Waals surface area contributed by atoms with E-state index in [1.807, 2.05) is 0 Å². The maximum atomic E-state index is 13.2. The number of hydrogen-bond acceptors (Lipinski definition) is 4. The van der Waals surface area contributed by atoms with Gasteiger partial charge in [0.15, 0.2) is 11.5 Å². The smallest absolute Gasteiger partial charge is 0.231 e. The summed E-state index contributed by atoms with van der Waals surface area (Å²) in [6, 6.07) is 2.76. The first-order valence-corrected chi connectivity index (χ1v) is 3.90. The van der Waals surface area contributed by atoms with Gasteiger partial charge in [-0.1, -0.05) is 0 Å². The average molecular weight is 195 g/mol. The summed E-state index contributed by atoms with van der Waals surface area (Å²) in [4.78, 5) is 0. The van der Waals surface area contributed by atoms with Crippen LogP contribution in [0.15, 0.2) is 6.07 Å². The van der Waals surface area contributed by atoms with E-state index in [4.69, 9.17) is 19.8 Å². The van der Waals surface area contributed by atoms with Gasteiger partial charge in [0, 0.05) is 5.56 Å². The highest BCUT2D eigenvalue weighted by atomic mass is 19.1. The Bertz CT molecular complexity index is 425. The number of fused-ring (bicyclic) bond motifs is 1. The van der Waals surface area contributed by atoms with Crippen LogP contribution in [-0.4, -0.2) is 11.9 Å². The summed E-state index contributed by atoms with van der Waals surface area (Å²) in [5.41, 5.74) is 0.101. The van der Waals surface area contributed by atoms with Gasteiger partial charge in [0.1, 0.15) is 17.4 Å².